The molecular formula is C30H39NO5. The molecule has 1 spiro atoms. The smallest absolute Gasteiger partial charge is 0.303 e. The van der Waals surface area contributed by atoms with Crippen LogP contribution < -0.4 is 5.32 Å². The van der Waals surface area contributed by atoms with E-state index in [4.69, 9.17) is 4.74 Å². The van der Waals surface area contributed by atoms with Gasteiger partial charge in [0.1, 0.15) is 11.5 Å². The average Bonchev–Trinajstić information content (AvgIpc) is 3.08. The first-order chi connectivity index (χ1) is 17.0. The van der Waals surface area contributed by atoms with Gasteiger partial charge < -0.3 is 20.3 Å². The van der Waals surface area contributed by atoms with Gasteiger partial charge in [-0.15, -0.1) is 0 Å². The number of ether oxygens (including phenoxy) is 1. The number of carbonyl (C=O) groups is 2. The second-order valence-corrected chi connectivity index (χ2v) is 11.3. The highest BCUT2D eigenvalue weighted by Crippen LogP contribution is 2.58. The summed E-state index contributed by atoms with van der Waals surface area (Å²) in [4.78, 5) is 26.5. The molecule has 194 valence electrons. The Kier molecular flexibility index (Phi) is 7.31. The summed E-state index contributed by atoms with van der Waals surface area (Å²) >= 11 is 0. The van der Waals surface area contributed by atoms with Crippen LogP contribution in [0.25, 0.3) is 0 Å². The number of allylic oxidation sites excluding steroid dienone is 1. The molecule has 0 bridgehead atoms. The van der Waals surface area contributed by atoms with Gasteiger partial charge in [0.15, 0.2) is 0 Å². The fourth-order valence-corrected chi connectivity index (χ4v) is 6.90. The van der Waals surface area contributed by atoms with Gasteiger partial charge in [0.25, 0.3) is 0 Å². The third kappa shape index (κ3) is 4.69. The lowest BCUT2D eigenvalue weighted by molar-refractivity contribution is -0.166. The number of esters is 1. The van der Waals surface area contributed by atoms with E-state index in [0.29, 0.717) is 24.8 Å². The lowest BCUT2D eigenvalue weighted by Gasteiger charge is -2.52. The molecule has 3 aliphatic rings. The largest absolute Gasteiger partial charge is 0.457 e. The van der Waals surface area contributed by atoms with Gasteiger partial charge in [0, 0.05) is 24.8 Å². The normalized spacial score (nSPS) is 40.6. The molecule has 3 N–H and O–H groups in total. The van der Waals surface area contributed by atoms with Crippen molar-refractivity contribution < 1.29 is 24.5 Å². The molecule has 6 nitrogen and oxygen atoms in total. The lowest BCUT2D eigenvalue weighted by Crippen LogP contribution is -2.60. The Labute approximate surface area is 214 Å². The van der Waals surface area contributed by atoms with Crippen LogP contribution in [0.2, 0.25) is 0 Å². The molecule has 1 saturated heterocycles. The summed E-state index contributed by atoms with van der Waals surface area (Å²) in [5.41, 5.74) is -0.635. The Morgan fingerprint density at radius 1 is 1.22 bits per heavy atom. The maximum atomic E-state index is 14.2. The minimum atomic E-state index is -1.26. The van der Waals surface area contributed by atoms with Crippen LogP contribution in [0.5, 0.6) is 0 Å². The topological polar surface area (TPSA) is 95.9 Å². The van der Waals surface area contributed by atoms with Crippen LogP contribution in [-0.2, 0) is 20.7 Å². The van der Waals surface area contributed by atoms with Crippen molar-refractivity contribution in [3.05, 3.63) is 72.4 Å². The minimum absolute atomic E-state index is 0.170. The van der Waals surface area contributed by atoms with E-state index in [2.05, 4.69) is 18.8 Å². The molecule has 1 aliphatic heterocycles. The van der Waals surface area contributed by atoms with Crippen molar-refractivity contribution in [2.45, 2.75) is 70.8 Å². The highest BCUT2D eigenvalue weighted by Gasteiger charge is 2.68. The first kappa shape index (κ1) is 26.4. The van der Waals surface area contributed by atoms with Crippen LogP contribution in [0.15, 0.2) is 66.8 Å². The second kappa shape index (κ2) is 9.98. The highest BCUT2D eigenvalue weighted by atomic mass is 16.5. The van der Waals surface area contributed by atoms with Crippen molar-refractivity contribution in [3.8, 4) is 0 Å². The molecule has 1 amide bonds. The zero-order chi connectivity index (χ0) is 26.3. The molecule has 1 unspecified atom stereocenters. The molecule has 1 saturated carbocycles. The van der Waals surface area contributed by atoms with E-state index in [1.54, 1.807) is 19.1 Å². The number of amides is 1. The SMILES string of the molecule is C=C1[C@@H](C)[C@H]2[C@H](Cc3ccccc3)NC(=O)[C@]23[C@H](OC(C)=O)C=C[C@](C)(O)CC(C)CC=C[C@H]3[C@@H]1O. The Morgan fingerprint density at radius 3 is 2.58 bits per heavy atom. The molecule has 0 radical (unpaired) electrons. The molecule has 1 aromatic rings. The maximum absolute atomic E-state index is 14.2. The van der Waals surface area contributed by atoms with Gasteiger partial charge >= 0.3 is 5.97 Å². The van der Waals surface area contributed by atoms with E-state index >= 15 is 0 Å². The first-order valence-electron chi connectivity index (χ1n) is 12.9. The number of carbonyl (C=O) groups excluding carboxylic acids is 2. The Balaban J connectivity index is 1.92. The lowest BCUT2D eigenvalue weighted by atomic mass is 9.51. The van der Waals surface area contributed by atoms with Crippen molar-refractivity contribution in [1.29, 1.82) is 0 Å². The van der Waals surface area contributed by atoms with Crippen molar-refractivity contribution >= 4 is 11.9 Å². The van der Waals surface area contributed by atoms with Gasteiger partial charge in [-0.25, -0.2) is 0 Å². The molecular weight excluding hydrogens is 454 g/mol. The van der Waals surface area contributed by atoms with E-state index in [-0.39, 0.29) is 29.7 Å². The third-order valence-corrected chi connectivity index (χ3v) is 8.43. The fraction of sp³-hybridized carbons (Fsp3) is 0.533. The maximum Gasteiger partial charge on any atom is 0.303 e. The summed E-state index contributed by atoms with van der Waals surface area (Å²) in [5.74, 6) is -1.75. The number of benzene rings is 1. The summed E-state index contributed by atoms with van der Waals surface area (Å²) in [6.07, 6.45) is 7.09. The zero-order valence-corrected chi connectivity index (χ0v) is 21.7. The fourth-order valence-electron chi connectivity index (χ4n) is 6.90. The van der Waals surface area contributed by atoms with E-state index in [0.717, 1.165) is 5.56 Å². The van der Waals surface area contributed by atoms with E-state index in [1.165, 1.54) is 6.92 Å². The standard InChI is InChI=1S/C30H39NO5/c1-18-10-9-13-23-27(33)20(3)19(2)26-24(16-22-11-7-6-8-12-22)31-28(34)30(23,26)25(36-21(4)32)14-15-29(5,35)17-18/h6-9,11-15,18-19,23-27,33,35H,3,10,16-17H2,1-2,4-5H3,(H,31,34)/t18?,19-,23+,24+,25-,26+,27-,29+,30-/m1/s1. The quantitative estimate of drug-likeness (QED) is 0.440. The molecule has 4 rings (SSSR count). The summed E-state index contributed by atoms with van der Waals surface area (Å²) in [6, 6.07) is 9.73. The minimum Gasteiger partial charge on any atom is -0.457 e. The van der Waals surface area contributed by atoms with Crippen molar-refractivity contribution in [1.82, 2.24) is 5.32 Å². The predicted octanol–water partition coefficient (Wildman–Crippen LogP) is 3.74. The van der Waals surface area contributed by atoms with Gasteiger partial charge in [-0.3, -0.25) is 9.59 Å². The van der Waals surface area contributed by atoms with Crippen molar-refractivity contribution in [3.63, 3.8) is 0 Å². The Hall–Kier alpha value is -2.70. The molecule has 2 aliphatic carbocycles. The van der Waals surface area contributed by atoms with Crippen molar-refractivity contribution in [2.24, 2.45) is 29.1 Å². The molecule has 36 heavy (non-hydrogen) atoms. The zero-order valence-electron chi connectivity index (χ0n) is 21.7. The van der Waals surface area contributed by atoms with E-state index in [9.17, 15) is 19.8 Å². The molecule has 1 heterocycles. The summed E-state index contributed by atoms with van der Waals surface area (Å²) in [5, 5.41) is 25.8. The highest BCUT2D eigenvalue weighted by molar-refractivity contribution is 5.89. The van der Waals surface area contributed by atoms with Gasteiger partial charge in [0.05, 0.1) is 11.7 Å². The van der Waals surface area contributed by atoms with E-state index in [1.807, 2.05) is 49.4 Å². The number of nitrogens with one attached hydrogen (secondary N) is 1. The third-order valence-electron chi connectivity index (χ3n) is 8.43. The first-order valence-corrected chi connectivity index (χ1v) is 12.9. The molecule has 0 aromatic heterocycles. The second-order valence-electron chi connectivity index (χ2n) is 11.3. The van der Waals surface area contributed by atoms with Crippen LogP contribution in [-0.4, -0.2) is 45.9 Å². The number of hydrogen-bond donors (Lipinski definition) is 3. The molecule has 9 atom stereocenters. The van der Waals surface area contributed by atoms with E-state index < -0.39 is 35.1 Å². The van der Waals surface area contributed by atoms with Gasteiger partial charge in [-0.1, -0.05) is 69.0 Å². The summed E-state index contributed by atoms with van der Waals surface area (Å²) in [7, 11) is 0. The molecule has 1 aromatic carbocycles. The van der Waals surface area contributed by atoms with Crippen LogP contribution in [0.1, 0.15) is 46.1 Å². The number of aliphatic hydroxyl groups is 2. The van der Waals surface area contributed by atoms with Crippen molar-refractivity contribution in [2.75, 3.05) is 0 Å². The Morgan fingerprint density at radius 2 is 1.92 bits per heavy atom. The van der Waals surface area contributed by atoms with Crippen LogP contribution in [0.4, 0.5) is 0 Å². The average molecular weight is 494 g/mol. The van der Waals surface area contributed by atoms with Gasteiger partial charge in [-0.2, -0.15) is 0 Å². The molecule has 2 fully saturated rings. The number of rotatable bonds is 3. The molecule has 6 heteroatoms. The van der Waals surface area contributed by atoms with Gasteiger partial charge in [0.2, 0.25) is 5.91 Å². The summed E-state index contributed by atoms with van der Waals surface area (Å²) < 4.78 is 5.89. The number of hydrogen-bond acceptors (Lipinski definition) is 5. The van der Waals surface area contributed by atoms with Crippen LogP contribution >= 0.6 is 0 Å². The summed E-state index contributed by atoms with van der Waals surface area (Å²) in [6.45, 7) is 11.3. The predicted molar refractivity (Wildman–Crippen MR) is 139 cm³/mol. The van der Waals surface area contributed by atoms with Gasteiger partial charge in [-0.05, 0) is 55.2 Å². The monoisotopic (exact) mass is 493 g/mol. The Bertz CT molecular complexity index is 1060. The van der Waals surface area contributed by atoms with Crippen LogP contribution in [0.3, 0.4) is 0 Å². The van der Waals surface area contributed by atoms with Crippen LogP contribution in [0, 0.1) is 29.1 Å². The number of aliphatic hydroxyl groups excluding tert-OH is 1.